The fourth-order valence-electron chi connectivity index (χ4n) is 2.29. The average molecular weight is 315 g/mol. The van der Waals surface area contributed by atoms with Gasteiger partial charge in [-0.1, -0.05) is 29.3 Å². The zero-order valence-corrected chi connectivity index (χ0v) is 12.7. The van der Waals surface area contributed by atoms with Gasteiger partial charge in [0.15, 0.2) is 0 Å². The summed E-state index contributed by atoms with van der Waals surface area (Å²) in [6.45, 7) is 3.19. The van der Waals surface area contributed by atoms with Crippen LogP contribution < -0.4 is 5.32 Å². The number of carbonyl (C=O) groups is 2. The van der Waals surface area contributed by atoms with Crippen LogP contribution in [0.3, 0.4) is 0 Å². The fraction of sp³-hybridized carbons (Fsp3) is 0.429. The Hall–Kier alpha value is -1.26. The van der Waals surface area contributed by atoms with Crippen molar-refractivity contribution in [2.24, 2.45) is 0 Å². The van der Waals surface area contributed by atoms with Crippen molar-refractivity contribution in [2.75, 3.05) is 13.1 Å². The molecule has 1 heterocycles. The van der Waals surface area contributed by atoms with Crippen molar-refractivity contribution >= 4 is 35.0 Å². The van der Waals surface area contributed by atoms with Gasteiger partial charge in [-0.25, -0.2) is 0 Å². The number of rotatable bonds is 4. The van der Waals surface area contributed by atoms with Crippen LogP contribution in [0, 0.1) is 0 Å². The van der Waals surface area contributed by atoms with E-state index in [1.807, 2.05) is 6.92 Å². The average Bonchev–Trinajstić information content (AvgIpc) is 2.73. The van der Waals surface area contributed by atoms with E-state index in [0.717, 1.165) is 5.56 Å². The van der Waals surface area contributed by atoms with Gasteiger partial charge in [0.05, 0.1) is 22.5 Å². The molecule has 1 N–H and O–H groups in total. The molecule has 4 nitrogen and oxygen atoms in total. The molecule has 0 bridgehead atoms. The van der Waals surface area contributed by atoms with Crippen molar-refractivity contribution in [2.45, 2.75) is 25.8 Å². The molecule has 0 saturated carbocycles. The maximum atomic E-state index is 11.9. The first-order valence-corrected chi connectivity index (χ1v) is 7.26. The summed E-state index contributed by atoms with van der Waals surface area (Å²) in [4.78, 5) is 25.3. The summed E-state index contributed by atoms with van der Waals surface area (Å²) in [5, 5.41) is 3.78. The molecule has 108 valence electrons. The highest BCUT2D eigenvalue weighted by Crippen LogP contribution is 2.22. The Bertz CT molecular complexity index is 534. The maximum Gasteiger partial charge on any atom is 0.224 e. The molecule has 1 aromatic carbocycles. The molecule has 2 amide bonds. The Morgan fingerprint density at radius 1 is 1.40 bits per heavy atom. The van der Waals surface area contributed by atoms with Crippen LogP contribution in [-0.2, 0) is 16.0 Å². The monoisotopic (exact) mass is 314 g/mol. The first-order valence-electron chi connectivity index (χ1n) is 6.50. The molecule has 1 aromatic rings. The van der Waals surface area contributed by atoms with Gasteiger partial charge in [0.2, 0.25) is 11.8 Å². The third kappa shape index (κ3) is 3.64. The minimum atomic E-state index is -0.112. The molecule has 0 radical (unpaired) electrons. The predicted octanol–water partition coefficient (Wildman–Crippen LogP) is 2.27. The lowest BCUT2D eigenvalue weighted by atomic mass is 10.1. The minimum Gasteiger partial charge on any atom is -0.351 e. The fourth-order valence-corrected chi connectivity index (χ4v) is 2.61. The van der Waals surface area contributed by atoms with Gasteiger partial charge in [0.1, 0.15) is 0 Å². The predicted molar refractivity (Wildman–Crippen MR) is 79.0 cm³/mol. The second-order valence-electron chi connectivity index (χ2n) is 4.83. The number of hydrogen-bond donors (Lipinski definition) is 1. The summed E-state index contributed by atoms with van der Waals surface area (Å²) in [6, 6.07) is 5.02. The van der Waals surface area contributed by atoms with Crippen molar-refractivity contribution in [1.82, 2.24) is 10.2 Å². The molecule has 1 unspecified atom stereocenters. The van der Waals surface area contributed by atoms with Crippen molar-refractivity contribution in [3.63, 3.8) is 0 Å². The van der Waals surface area contributed by atoms with Crippen LogP contribution >= 0.6 is 23.2 Å². The highest BCUT2D eigenvalue weighted by molar-refractivity contribution is 6.42. The quantitative estimate of drug-likeness (QED) is 0.927. The second kappa shape index (κ2) is 6.46. The van der Waals surface area contributed by atoms with Crippen molar-refractivity contribution < 1.29 is 9.59 Å². The van der Waals surface area contributed by atoms with Gasteiger partial charge in [-0.2, -0.15) is 0 Å². The van der Waals surface area contributed by atoms with E-state index >= 15 is 0 Å². The first kappa shape index (κ1) is 15.1. The summed E-state index contributed by atoms with van der Waals surface area (Å²) in [7, 11) is 0. The number of nitrogens with zero attached hydrogens (tertiary/aromatic N) is 1. The van der Waals surface area contributed by atoms with Gasteiger partial charge in [0.25, 0.3) is 0 Å². The first-order chi connectivity index (χ1) is 9.49. The van der Waals surface area contributed by atoms with E-state index < -0.39 is 0 Å². The molecule has 1 fully saturated rings. The Labute approximate surface area is 128 Å². The molecule has 0 aliphatic carbocycles. The molecule has 6 heteroatoms. The number of likely N-dealkylation sites (tertiary alicyclic amines) is 1. The van der Waals surface area contributed by atoms with Gasteiger partial charge in [-0.15, -0.1) is 0 Å². The maximum absolute atomic E-state index is 11.9. The molecule has 1 aliphatic rings. The van der Waals surface area contributed by atoms with Gasteiger partial charge in [-0.05, 0) is 24.6 Å². The smallest absolute Gasteiger partial charge is 0.224 e. The van der Waals surface area contributed by atoms with Crippen LogP contribution in [0.4, 0.5) is 0 Å². The topological polar surface area (TPSA) is 49.4 Å². The lowest BCUT2D eigenvalue weighted by Gasteiger charge is -2.14. The van der Waals surface area contributed by atoms with Gasteiger partial charge < -0.3 is 10.2 Å². The highest BCUT2D eigenvalue weighted by atomic mass is 35.5. The highest BCUT2D eigenvalue weighted by Gasteiger charge is 2.29. The zero-order chi connectivity index (χ0) is 14.7. The Morgan fingerprint density at radius 3 is 2.75 bits per heavy atom. The van der Waals surface area contributed by atoms with E-state index in [1.165, 1.54) is 0 Å². The van der Waals surface area contributed by atoms with E-state index in [-0.39, 0.29) is 24.3 Å². The number of benzene rings is 1. The summed E-state index contributed by atoms with van der Waals surface area (Å²) in [5.74, 6) is -0.0218. The molecule has 20 heavy (non-hydrogen) atoms. The molecule has 0 spiro atoms. The summed E-state index contributed by atoms with van der Waals surface area (Å²) in [5.41, 5.74) is 0.800. The second-order valence-corrected chi connectivity index (χ2v) is 5.64. The van der Waals surface area contributed by atoms with Crippen LogP contribution in [0.25, 0.3) is 0 Å². The van der Waals surface area contributed by atoms with Gasteiger partial charge in [0, 0.05) is 19.5 Å². The molecule has 2 rings (SSSR count). The minimum absolute atomic E-state index is 0.0901. The third-order valence-corrected chi connectivity index (χ3v) is 4.05. The van der Waals surface area contributed by atoms with Crippen molar-refractivity contribution in [1.29, 1.82) is 0 Å². The van der Waals surface area contributed by atoms with Crippen LogP contribution in [0.5, 0.6) is 0 Å². The van der Waals surface area contributed by atoms with Crippen LogP contribution in [0.1, 0.15) is 18.9 Å². The molecule has 1 saturated heterocycles. The van der Waals surface area contributed by atoms with Crippen molar-refractivity contribution in [3.8, 4) is 0 Å². The molecular formula is C14H16Cl2N2O2. The van der Waals surface area contributed by atoms with Crippen LogP contribution in [0.15, 0.2) is 18.2 Å². The number of halogens is 2. The van der Waals surface area contributed by atoms with E-state index in [4.69, 9.17) is 23.2 Å². The van der Waals surface area contributed by atoms with Crippen molar-refractivity contribution in [3.05, 3.63) is 33.8 Å². The molecular weight excluding hydrogens is 299 g/mol. The number of hydrogen-bond acceptors (Lipinski definition) is 2. The molecule has 0 aromatic heterocycles. The lowest BCUT2D eigenvalue weighted by molar-refractivity contribution is -0.127. The number of amides is 2. The SMILES string of the molecule is CCN1CC(NC(=O)Cc2ccc(Cl)c(Cl)c2)CC1=O. The Morgan fingerprint density at radius 2 is 2.15 bits per heavy atom. The molecule has 1 aliphatic heterocycles. The normalized spacial score (nSPS) is 18.4. The van der Waals surface area contributed by atoms with Gasteiger partial charge >= 0.3 is 0 Å². The lowest BCUT2D eigenvalue weighted by Crippen LogP contribution is -2.37. The van der Waals surface area contributed by atoms with Gasteiger partial charge in [-0.3, -0.25) is 9.59 Å². The Kier molecular flexibility index (Phi) is 4.89. The summed E-state index contributed by atoms with van der Waals surface area (Å²) < 4.78 is 0. The van der Waals surface area contributed by atoms with E-state index in [2.05, 4.69) is 5.32 Å². The molecule has 1 atom stereocenters. The van der Waals surface area contributed by atoms with E-state index in [1.54, 1.807) is 23.1 Å². The third-order valence-electron chi connectivity index (χ3n) is 3.31. The van der Waals surface area contributed by atoms with Crippen LogP contribution in [0.2, 0.25) is 10.0 Å². The standard InChI is InChI=1S/C14H16Cl2N2O2/c1-2-18-8-10(7-14(18)20)17-13(19)6-9-3-4-11(15)12(16)5-9/h3-5,10H,2,6-8H2,1H3,(H,17,19). The van der Waals surface area contributed by atoms with E-state index in [9.17, 15) is 9.59 Å². The number of nitrogens with one attached hydrogen (secondary N) is 1. The van der Waals surface area contributed by atoms with E-state index in [0.29, 0.717) is 29.6 Å². The van der Waals surface area contributed by atoms with Crippen LogP contribution in [-0.4, -0.2) is 35.8 Å². The largest absolute Gasteiger partial charge is 0.351 e. The summed E-state index contributed by atoms with van der Waals surface area (Å²) in [6.07, 6.45) is 0.606. The number of likely N-dealkylation sites (N-methyl/N-ethyl adjacent to an activating group) is 1. The number of carbonyl (C=O) groups excluding carboxylic acids is 2. The Balaban J connectivity index is 1.90. The zero-order valence-electron chi connectivity index (χ0n) is 11.2. The summed E-state index contributed by atoms with van der Waals surface area (Å²) >= 11 is 11.7.